The van der Waals surface area contributed by atoms with Crippen LogP contribution in [0.4, 0.5) is 0 Å². The molecule has 3 heterocycles. The molecule has 0 saturated heterocycles. The Labute approximate surface area is 252 Å². The fraction of sp³-hybridized carbons (Fsp3) is 0.323. The van der Waals surface area contributed by atoms with Gasteiger partial charge in [-0.25, -0.2) is 14.5 Å². The highest BCUT2D eigenvalue weighted by Gasteiger charge is 2.22. The second kappa shape index (κ2) is 12.5. The molecular weight excluding hydrogens is 600 g/mol. The van der Waals surface area contributed by atoms with Crippen molar-refractivity contribution in [1.29, 1.82) is 0 Å². The number of carbonyl (C=O) groups is 1. The van der Waals surface area contributed by atoms with E-state index in [2.05, 4.69) is 65.0 Å². The van der Waals surface area contributed by atoms with Crippen LogP contribution in [0.2, 0.25) is 0 Å². The van der Waals surface area contributed by atoms with E-state index in [4.69, 9.17) is 4.74 Å². The van der Waals surface area contributed by atoms with Crippen LogP contribution in [-0.2, 0) is 12.0 Å². The minimum atomic E-state index is -0.214. The number of nitrogens with one attached hydrogen (secondary N) is 1. The van der Waals surface area contributed by atoms with Crippen LogP contribution < -0.4 is 10.1 Å². The quantitative estimate of drug-likeness (QED) is 0.131. The summed E-state index contributed by atoms with van der Waals surface area (Å²) in [7, 11) is 0. The van der Waals surface area contributed by atoms with Crippen LogP contribution in [0.5, 0.6) is 5.75 Å². The van der Waals surface area contributed by atoms with Crippen molar-refractivity contribution in [3.8, 4) is 28.1 Å². The molecule has 0 aliphatic rings. The number of carbonyl (C=O) groups excluding carboxylic acids is 1. The molecule has 0 saturated carbocycles. The smallest absolute Gasteiger partial charge is 0.282 e. The summed E-state index contributed by atoms with van der Waals surface area (Å²) in [5.74, 6) is 1.34. The first kappa shape index (κ1) is 28.9. The van der Waals surface area contributed by atoms with Crippen LogP contribution in [-0.4, -0.2) is 41.8 Å². The molecule has 212 valence electrons. The largest absolute Gasteiger partial charge is 0.494 e. The highest BCUT2D eigenvalue weighted by atomic mass is 79.9. The summed E-state index contributed by atoms with van der Waals surface area (Å²) in [6, 6.07) is 16.4. The molecule has 1 N–H and O–H groups in total. The van der Waals surface area contributed by atoms with Gasteiger partial charge in [-0.1, -0.05) is 61.0 Å². The van der Waals surface area contributed by atoms with Crippen LogP contribution >= 0.6 is 27.5 Å². The number of hydrogen-bond donors (Lipinski definition) is 1. The van der Waals surface area contributed by atoms with E-state index in [1.807, 2.05) is 62.7 Å². The Kier molecular flexibility index (Phi) is 8.79. The molecule has 0 aliphatic heterocycles. The molecule has 0 spiro atoms. The molecule has 0 aliphatic carbocycles. The van der Waals surface area contributed by atoms with Crippen LogP contribution in [0.3, 0.4) is 0 Å². The molecule has 10 heteroatoms. The Hall–Kier alpha value is -3.63. The maximum Gasteiger partial charge on any atom is 0.282 e. The lowest BCUT2D eigenvalue weighted by Gasteiger charge is -2.12. The Morgan fingerprint density at radius 1 is 1.05 bits per heavy atom. The number of halogens is 1. The molecule has 8 nitrogen and oxygen atoms in total. The zero-order valence-corrected chi connectivity index (χ0v) is 26.1. The minimum Gasteiger partial charge on any atom is -0.494 e. The number of rotatable bonds is 10. The molecule has 0 fully saturated rings. The van der Waals surface area contributed by atoms with E-state index in [1.54, 1.807) is 6.33 Å². The molecule has 0 bridgehead atoms. The summed E-state index contributed by atoms with van der Waals surface area (Å²) in [5, 5.41) is 8.80. The topological polar surface area (TPSA) is 94.3 Å². The van der Waals surface area contributed by atoms with E-state index in [0.717, 1.165) is 74.5 Å². The highest BCUT2D eigenvalue weighted by Crippen LogP contribution is 2.30. The number of hydrogen-bond acceptors (Lipinski definition) is 7. The Morgan fingerprint density at radius 3 is 2.54 bits per heavy atom. The van der Waals surface area contributed by atoms with Gasteiger partial charge < -0.3 is 10.1 Å². The summed E-state index contributed by atoms with van der Waals surface area (Å²) in [4.78, 5) is 21.7. The molecule has 2 aromatic carbocycles. The predicted octanol–water partition coefficient (Wildman–Crippen LogP) is 7.00. The summed E-state index contributed by atoms with van der Waals surface area (Å²) in [5.41, 5.74) is 6.79. The number of unbranched alkanes of at least 4 members (excludes halogenated alkanes) is 1. The second-order valence-electron chi connectivity index (χ2n) is 10.9. The van der Waals surface area contributed by atoms with Crippen molar-refractivity contribution in [2.75, 3.05) is 11.9 Å². The standard InChI is InChI=1S/C31H33BrN6O2S/c1-20-15-22(7-8-23(20)17-33-28(39)29-36-30(37-41-29)31(2,3)4)27-26-16-24(18-38(26)35-19-34-27)21-9-11-25(12-10-21)40-14-6-5-13-32/h7-12,15-16,18-19H,5-6,13-14,17H2,1-4H3,(H,33,39). The van der Waals surface area contributed by atoms with Gasteiger partial charge in [0.05, 0.1) is 17.8 Å². The van der Waals surface area contributed by atoms with Gasteiger partial charge in [0.15, 0.2) is 0 Å². The number of benzene rings is 2. The first-order chi connectivity index (χ1) is 19.7. The molecule has 3 aromatic heterocycles. The van der Waals surface area contributed by atoms with Gasteiger partial charge in [-0.15, -0.1) is 0 Å². The fourth-order valence-electron chi connectivity index (χ4n) is 4.35. The van der Waals surface area contributed by atoms with E-state index in [0.29, 0.717) is 24.0 Å². The molecular formula is C31H33BrN6O2S. The van der Waals surface area contributed by atoms with Crippen LogP contribution in [0.1, 0.15) is 60.4 Å². The highest BCUT2D eigenvalue weighted by molar-refractivity contribution is 9.09. The average Bonchev–Trinajstić information content (AvgIpc) is 3.63. The Morgan fingerprint density at radius 2 is 1.83 bits per heavy atom. The van der Waals surface area contributed by atoms with Crippen molar-refractivity contribution in [1.82, 2.24) is 29.3 Å². The van der Waals surface area contributed by atoms with Gasteiger partial charge in [-0.3, -0.25) is 4.79 Å². The predicted molar refractivity (Wildman–Crippen MR) is 167 cm³/mol. The summed E-state index contributed by atoms with van der Waals surface area (Å²) >= 11 is 4.58. The van der Waals surface area contributed by atoms with E-state index >= 15 is 0 Å². The average molecular weight is 634 g/mol. The third kappa shape index (κ3) is 6.82. The van der Waals surface area contributed by atoms with Crippen molar-refractivity contribution in [2.45, 2.75) is 52.5 Å². The Balaban J connectivity index is 1.30. The zero-order valence-electron chi connectivity index (χ0n) is 23.6. The summed E-state index contributed by atoms with van der Waals surface area (Å²) < 4.78 is 12.0. The normalized spacial score (nSPS) is 11.6. The van der Waals surface area contributed by atoms with Crippen LogP contribution in [0, 0.1) is 6.92 Å². The van der Waals surface area contributed by atoms with Crippen molar-refractivity contribution in [3.05, 3.63) is 83.0 Å². The minimum absolute atomic E-state index is 0.194. The SMILES string of the molecule is Cc1cc(-c2ncnn3cc(-c4ccc(OCCCCBr)cc4)cc23)ccc1CNC(=O)c1nc(C(C)(C)C)ns1. The third-order valence-corrected chi connectivity index (χ3v) is 8.01. The van der Waals surface area contributed by atoms with Crippen molar-refractivity contribution in [2.24, 2.45) is 0 Å². The molecule has 5 rings (SSSR count). The van der Waals surface area contributed by atoms with Gasteiger partial charge in [-0.05, 0) is 72.3 Å². The molecule has 0 radical (unpaired) electrons. The zero-order chi connectivity index (χ0) is 29.0. The van der Waals surface area contributed by atoms with Gasteiger partial charge >= 0.3 is 0 Å². The number of aromatic nitrogens is 5. The maximum atomic E-state index is 12.7. The summed E-state index contributed by atoms with van der Waals surface area (Å²) in [6.07, 6.45) is 5.72. The maximum absolute atomic E-state index is 12.7. The van der Waals surface area contributed by atoms with E-state index < -0.39 is 0 Å². The molecule has 5 aromatic rings. The number of aryl methyl sites for hydroxylation is 1. The van der Waals surface area contributed by atoms with Gasteiger partial charge in [0.25, 0.3) is 5.91 Å². The van der Waals surface area contributed by atoms with E-state index in [1.165, 1.54) is 0 Å². The lowest BCUT2D eigenvalue weighted by molar-refractivity contribution is 0.0950. The van der Waals surface area contributed by atoms with E-state index in [-0.39, 0.29) is 11.3 Å². The third-order valence-electron chi connectivity index (χ3n) is 6.74. The van der Waals surface area contributed by atoms with Crippen LogP contribution in [0.15, 0.2) is 61.1 Å². The fourth-order valence-corrected chi connectivity index (χ4v) is 5.52. The van der Waals surface area contributed by atoms with Crippen molar-refractivity contribution in [3.63, 3.8) is 0 Å². The molecule has 1 amide bonds. The lowest BCUT2D eigenvalue weighted by Crippen LogP contribution is -2.23. The van der Waals surface area contributed by atoms with Crippen LogP contribution in [0.25, 0.3) is 27.9 Å². The lowest BCUT2D eigenvalue weighted by atomic mass is 9.96. The van der Waals surface area contributed by atoms with Gasteiger partial charge in [0.2, 0.25) is 5.01 Å². The second-order valence-corrected chi connectivity index (χ2v) is 12.5. The number of ether oxygens (including phenoxy) is 1. The van der Waals surface area contributed by atoms with Crippen molar-refractivity contribution < 1.29 is 9.53 Å². The number of alkyl halides is 1. The first-order valence-corrected chi connectivity index (χ1v) is 15.5. The summed E-state index contributed by atoms with van der Waals surface area (Å²) in [6.45, 7) is 9.25. The molecule has 41 heavy (non-hydrogen) atoms. The number of nitrogens with zero attached hydrogens (tertiary/aromatic N) is 5. The molecule has 0 unspecified atom stereocenters. The Bertz CT molecular complexity index is 1660. The molecule has 0 atom stereocenters. The van der Waals surface area contributed by atoms with Gasteiger partial charge in [0.1, 0.15) is 17.9 Å². The number of amides is 1. The van der Waals surface area contributed by atoms with Gasteiger partial charge in [0, 0.05) is 34.6 Å². The van der Waals surface area contributed by atoms with E-state index in [9.17, 15) is 4.79 Å². The first-order valence-electron chi connectivity index (χ1n) is 13.6. The van der Waals surface area contributed by atoms with Gasteiger partial charge in [-0.2, -0.15) is 9.47 Å². The number of fused-ring (bicyclic) bond motifs is 1. The monoisotopic (exact) mass is 632 g/mol. The van der Waals surface area contributed by atoms with Crippen molar-refractivity contribution >= 4 is 38.9 Å².